The molecule has 88 valence electrons. The molecule has 4 nitrogen and oxygen atoms in total. The maximum atomic E-state index is 11.0. The number of nitrogens with one attached hydrogen (secondary N) is 1. The number of nitrogens with zero attached hydrogens (tertiary/aromatic N) is 1. The summed E-state index contributed by atoms with van der Waals surface area (Å²) >= 11 is 11.9. The number of benzene rings is 1. The number of H-pyrrole nitrogens is 1. The van der Waals surface area contributed by atoms with E-state index >= 15 is 0 Å². The Hall–Kier alpha value is -1.52. The van der Waals surface area contributed by atoms with E-state index in [0.29, 0.717) is 22.0 Å². The van der Waals surface area contributed by atoms with Crippen LogP contribution in [0.15, 0.2) is 29.1 Å². The fraction of sp³-hybridized carbons (Fsp3) is 0.0909. The minimum atomic E-state index is -0.361. The molecule has 0 spiro atoms. The van der Waals surface area contributed by atoms with Crippen molar-refractivity contribution >= 4 is 23.2 Å². The zero-order valence-electron chi connectivity index (χ0n) is 8.83. The zero-order chi connectivity index (χ0) is 12.4. The number of ether oxygens (including phenoxy) is 1. The van der Waals surface area contributed by atoms with Crippen LogP contribution in [0.2, 0.25) is 10.0 Å². The van der Waals surface area contributed by atoms with Gasteiger partial charge >= 0.3 is 0 Å². The number of halogens is 2. The normalized spacial score (nSPS) is 10.3. The van der Waals surface area contributed by atoms with Gasteiger partial charge in [-0.2, -0.15) is 5.10 Å². The van der Waals surface area contributed by atoms with Gasteiger partial charge in [-0.15, -0.1) is 0 Å². The Morgan fingerprint density at radius 1 is 1.29 bits per heavy atom. The first-order valence-electron chi connectivity index (χ1n) is 4.71. The molecule has 2 aromatic rings. The second-order valence-corrected chi connectivity index (χ2v) is 4.12. The van der Waals surface area contributed by atoms with Gasteiger partial charge in [-0.1, -0.05) is 23.2 Å². The van der Waals surface area contributed by atoms with E-state index in [-0.39, 0.29) is 10.6 Å². The maximum Gasteiger partial charge on any atom is 0.265 e. The molecule has 6 heteroatoms. The summed E-state index contributed by atoms with van der Waals surface area (Å²) < 4.78 is 5.19. The first-order chi connectivity index (χ1) is 8.11. The molecule has 0 saturated heterocycles. The summed E-state index contributed by atoms with van der Waals surface area (Å²) in [5.41, 5.74) is 0.687. The Bertz CT molecular complexity index is 611. The Kier molecular flexibility index (Phi) is 3.36. The van der Waals surface area contributed by atoms with Gasteiger partial charge in [0.05, 0.1) is 12.1 Å². The molecule has 17 heavy (non-hydrogen) atoms. The summed E-state index contributed by atoms with van der Waals surface area (Å²) in [4.78, 5) is 11.0. The van der Waals surface area contributed by atoms with Crippen molar-refractivity contribution in [2.45, 2.75) is 0 Å². The highest BCUT2D eigenvalue weighted by Crippen LogP contribution is 2.34. The third kappa shape index (κ3) is 2.43. The van der Waals surface area contributed by atoms with Crippen molar-refractivity contribution < 1.29 is 4.74 Å². The van der Waals surface area contributed by atoms with Crippen LogP contribution in [0.1, 0.15) is 0 Å². The van der Waals surface area contributed by atoms with Crippen molar-refractivity contribution in [3.05, 3.63) is 44.7 Å². The molecule has 1 heterocycles. The highest BCUT2D eigenvalue weighted by Gasteiger charge is 2.12. The molecule has 1 aromatic carbocycles. The molecular weight excluding hydrogens is 263 g/mol. The van der Waals surface area contributed by atoms with Crippen molar-refractivity contribution in [2.24, 2.45) is 0 Å². The van der Waals surface area contributed by atoms with Crippen LogP contribution < -0.4 is 10.3 Å². The quantitative estimate of drug-likeness (QED) is 0.913. The lowest BCUT2D eigenvalue weighted by molar-refractivity contribution is 0.416. The van der Waals surface area contributed by atoms with Crippen molar-refractivity contribution in [1.82, 2.24) is 10.2 Å². The third-order valence-corrected chi connectivity index (χ3v) is 2.70. The van der Waals surface area contributed by atoms with E-state index in [0.717, 1.165) is 0 Å². The van der Waals surface area contributed by atoms with Crippen LogP contribution >= 0.6 is 23.2 Å². The Morgan fingerprint density at radius 2 is 2.06 bits per heavy atom. The van der Waals surface area contributed by atoms with Crippen LogP contribution in [0, 0.1) is 0 Å². The topological polar surface area (TPSA) is 55.0 Å². The lowest BCUT2D eigenvalue weighted by Crippen LogP contribution is -2.07. The molecule has 0 atom stereocenters. The minimum Gasteiger partial charge on any atom is -0.496 e. The number of methoxy groups -OCH3 is 1. The highest BCUT2D eigenvalue weighted by atomic mass is 35.5. The van der Waals surface area contributed by atoms with E-state index in [1.54, 1.807) is 18.2 Å². The van der Waals surface area contributed by atoms with Gasteiger partial charge in [0, 0.05) is 16.7 Å². The summed E-state index contributed by atoms with van der Waals surface area (Å²) in [6.07, 6.45) is 0. The van der Waals surface area contributed by atoms with Crippen LogP contribution in [0.5, 0.6) is 5.75 Å². The predicted molar refractivity (Wildman–Crippen MR) is 66.9 cm³/mol. The van der Waals surface area contributed by atoms with Gasteiger partial charge in [-0.25, -0.2) is 5.10 Å². The largest absolute Gasteiger partial charge is 0.496 e. The molecule has 0 amide bonds. The van der Waals surface area contributed by atoms with Gasteiger partial charge in [-0.05, 0) is 18.2 Å². The molecule has 0 unspecified atom stereocenters. The first-order valence-corrected chi connectivity index (χ1v) is 5.46. The highest BCUT2D eigenvalue weighted by molar-refractivity contribution is 6.33. The average Bonchev–Trinajstić information content (AvgIpc) is 2.29. The fourth-order valence-electron chi connectivity index (χ4n) is 1.43. The number of aromatic amines is 1. The first kappa shape index (κ1) is 12.0. The van der Waals surface area contributed by atoms with Gasteiger partial charge in [0.2, 0.25) is 0 Å². The summed E-state index contributed by atoms with van der Waals surface area (Å²) in [6, 6.07) is 6.33. The number of aromatic nitrogens is 2. The standard InChI is InChI=1S/C11H8Cl2N2O2/c1-17-9-3-2-6(12)4-7(9)11-8(13)5-10(16)14-15-11/h2-5H,1H3,(H,14,16). The second kappa shape index (κ2) is 4.77. The molecule has 0 bridgehead atoms. The van der Waals surface area contributed by atoms with Crippen molar-refractivity contribution in [3.8, 4) is 17.0 Å². The lowest BCUT2D eigenvalue weighted by atomic mass is 10.1. The Balaban J connectivity index is 2.66. The van der Waals surface area contributed by atoms with E-state index < -0.39 is 0 Å². The van der Waals surface area contributed by atoms with Crippen LogP contribution in [-0.2, 0) is 0 Å². The smallest absolute Gasteiger partial charge is 0.265 e. The molecule has 0 aliphatic heterocycles. The van der Waals surface area contributed by atoms with Crippen molar-refractivity contribution in [2.75, 3.05) is 7.11 Å². The molecule has 1 N–H and O–H groups in total. The van der Waals surface area contributed by atoms with Gasteiger partial charge in [0.1, 0.15) is 11.4 Å². The van der Waals surface area contributed by atoms with Crippen LogP contribution in [0.3, 0.4) is 0 Å². The van der Waals surface area contributed by atoms with Gasteiger partial charge in [-0.3, -0.25) is 4.79 Å². The number of hydrogen-bond acceptors (Lipinski definition) is 3. The van der Waals surface area contributed by atoms with Gasteiger partial charge in [0.15, 0.2) is 0 Å². The SMILES string of the molecule is COc1ccc(Cl)cc1-c1n[nH]c(=O)cc1Cl. The fourth-order valence-corrected chi connectivity index (χ4v) is 1.85. The maximum absolute atomic E-state index is 11.0. The van der Waals surface area contributed by atoms with E-state index in [4.69, 9.17) is 27.9 Å². The molecular formula is C11H8Cl2N2O2. The van der Waals surface area contributed by atoms with E-state index in [9.17, 15) is 4.79 Å². The van der Waals surface area contributed by atoms with Crippen LogP contribution in [-0.4, -0.2) is 17.3 Å². The van der Waals surface area contributed by atoms with Gasteiger partial charge in [0.25, 0.3) is 5.56 Å². The van der Waals surface area contributed by atoms with E-state index in [2.05, 4.69) is 10.2 Å². The number of hydrogen-bond donors (Lipinski definition) is 1. The second-order valence-electron chi connectivity index (χ2n) is 3.27. The minimum absolute atomic E-state index is 0.245. The average molecular weight is 271 g/mol. The molecule has 2 rings (SSSR count). The molecule has 0 saturated carbocycles. The predicted octanol–water partition coefficient (Wildman–Crippen LogP) is 2.75. The molecule has 1 aromatic heterocycles. The molecule has 0 radical (unpaired) electrons. The van der Waals surface area contributed by atoms with E-state index in [1.165, 1.54) is 13.2 Å². The number of rotatable bonds is 2. The monoisotopic (exact) mass is 270 g/mol. The van der Waals surface area contributed by atoms with E-state index in [1.807, 2.05) is 0 Å². The lowest BCUT2D eigenvalue weighted by Gasteiger charge is -2.08. The van der Waals surface area contributed by atoms with Crippen molar-refractivity contribution in [1.29, 1.82) is 0 Å². The summed E-state index contributed by atoms with van der Waals surface area (Å²) in [5.74, 6) is 0.579. The van der Waals surface area contributed by atoms with Crippen molar-refractivity contribution in [3.63, 3.8) is 0 Å². The molecule has 0 aliphatic carbocycles. The Labute approximate surface area is 107 Å². The zero-order valence-corrected chi connectivity index (χ0v) is 10.3. The third-order valence-electron chi connectivity index (χ3n) is 2.18. The molecule has 0 aliphatic rings. The Morgan fingerprint density at radius 3 is 2.71 bits per heavy atom. The van der Waals surface area contributed by atoms with Crippen LogP contribution in [0.25, 0.3) is 11.3 Å². The summed E-state index contributed by atoms with van der Waals surface area (Å²) in [6.45, 7) is 0. The summed E-state index contributed by atoms with van der Waals surface area (Å²) in [7, 11) is 1.53. The molecule has 0 fully saturated rings. The van der Waals surface area contributed by atoms with Gasteiger partial charge < -0.3 is 4.74 Å². The summed E-state index contributed by atoms with van der Waals surface area (Å²) in [5, 5.41) is 6.99. The van der Waals surface area contributed by atoms with Crippen LogP contribution in [0.4, 0.5) is 0 Å².